The summed E-state index contributed by atoms with van der Waals surface area (Å²) in [6.07, 6.45) is 5.59. The number of hydrogen-bond donors (Lipinski definition) is 1. The largest absolute Gasteiger partial charge is 0.481 e. The maximum atomic E-state index is 12.6. The van der Waals surface area contributed by atoms with E-state index in [9.17, 15) is 14.4 Å². The first-order valence-electron chi connectivity index (χ1n) is 20.5. The quantitative estimate of drug-likeness (QED) is 0.110. The molecule has 2 aromatic heterocycles. The van der Waals surface area contributed by atoms with Gasteiger partial charge in [-0.05, 0) is 123 Å². The molecule has 2 unspecified atom stereocenters. The van der Waals surface area contributed by atoms with E-state index in [1.54, 1.807) is 32.2 Å². The lowest BCUT2D eigenvalue weighted by atomic mass is 9.84. The summed E-state index contributed by atoms with van der Waals surface area (Å²) in [4.78, 5) is 47.8. The predicted octanol–water partition coefficient (Wildman–Crippen LogP) is 7.91. The van der Waals surface area contributed by atoms with E-state index in [-0.39, 0.29) is 36.3 Å². The monoisotopic (exact) mass is 808 g/mol. The molecule has 316 valence electrons. The molecule has 0 bridgehead atoms. The number of aromatic nitrogens is 2. The fourth-order valence-electron chi connectivity index (χ4n) is 7.62. The molecular weight excluding hydrogens is 749 g/mol. The Hall–Kier alpha value is -5.49. The van der Waals surface area contributed by atoms with Crippen LogP contribution in [0.2, 0.25) is 0 Å². The fraction of sp³-hybridized carbons (Fsp3) is 0.468. The average molecular weight is 809 g/mol. The fourth-order valence-corrected chi connectivity index (χ4v) is 7.62. The Morgan fingerprint density at radius 2 is 1.24 bits per heavy atom. The van der Waals surface area contributed by atoms with Gasteiger partial charge in [-0.2, -0.15) is 0 Å². The van der Waals surface area contributed by atoms with E-state index in [0.29, 0.717) is 44.5 Å². The van der Waals surface area contributed by atoms with Gasteiger partial charge in [-0.1, -0.05) is 36.4 Å². The molecule has 4 heterocycles. The smallest absolute Gasteiger partial charge is 0.410 e. The molecule has 12 nitrogen and oxygen atoms in total. The molecular formula is C47H60N4O8. The van der Waals surface area contributed by atoms with Crippen molar-refractivity contribution in [1.82, 2.24) is 20.2 Å². The van der Waals surface area contributed by atoms with E-state index >= 15 is 0 Å². The van der Waals surface area contributed by atoms with Crippen molar-refractivity contribution in [1.29, 1.82) is 0 Å². The summed E-state index contributed by atoms with van der Waals surface area (Å²) in [6.45, 7) is 16.9. The average Bonchev–Trinajstić information content (AvgIpc) is 3.21. The Labute approximate surface area is 349 Å². The molecule has 0 saturated heterocycles. The van der Waals surface area contributed by atoms with Gasteiger partial charge >= 0.3 is 18.0 Å². The molecule has 0 spiro atoms. The van der Waals surface area contributed by atoms with E-state index in [1.807, 2.05) is 59.9 Å². The molecule has 59 heavy (non-hydrogen) atoms. The summed E-state index contributed by atoms with van der Waals surface area (Å²) in [6, 6.07) is 16.6. The Kier molecular flexibility index (Phi) is 15.5. The van der Waals surface area contributed by atoms with Crippen molar-refractivity contribution in [2.75, 3.05) is 40.5 Å². The van der Waals surface area contributed by atoms with Crippen molar-refractivity contribution in [2.24, 2.45) is 0 Å². The molecule has 4 aromatic rings. The van der Waals surface area contributed by atoms with Crippen LogP contribution in [0.1, 0.15) is 115 Å². The zero-order chi connectivity index (χ0) is 42.7. The van der Waals surface area contributed by atoms with Crippen molar-refractivity contribution >= 4 is 18.0 Å². The van der Waals surface area contributed by atoms with E-state index < -0.39 is 5.60 Å². The third-order valence-electron chi connectivity index (χ3n) is 10.6. The van der Waals surface area contributed by atoms with Gasteiger partial charge in [0, 0.05) is 56.0 Å². The summed E-state index contributed by atoms with van der Waals surface area (Å²) in [5.41, 5.74) is 10.6. The topological polar surface area (TPSA) is 138 Å². The number of pyridine rings is 2. The van der Waals surface area contributed by atoms with E-state index in [2.05, 4.69) is 51.7 Å². The first-order valence-corrected chi connectivity index (χ1v) is 20.5. The lowest BCUT2D eigenvalue weighted by Gasteiger charge is -2.32. The van der Waals surface area contributed by atoms with Crippen LogP contribution in [0.25, 0.3) is 0 Å². The number of nitrogens with zero attached hydrogens (tertiary/aromatic N) is 3. The van der Waals surface area contributed by atoms with E-state index in [0.717, 1.165) is 64.9 Å². The predicted molar refractivity (Wildman–Crippen MR) is 226 cm³/mol. The van der Waals surface area contributed by atoms with Crippen LogP contribution >= 0.6 is 0 Å². The van der Waals surface area contributed by atoms with Gasteiger partial charge in [-0.15, -0.1) is 0 Å². The Morgan fingerprint density at radius 1 is 0.729 bits per heavy atom. The van der Waals surface area contributed by atoms with Crippen molar-refractivity contribution < 1.29 is 38.1 Å². The first-order chi connectivity index (χ1) is 28.2. The van der Waals surface area contributed by atoms with Crippen LogP contribution in [0.15, 0.2) is 60.9 Å². The van der Waals surface area contributed by atoms with Crippen LogP contribution < -0.4 is 14.8 Å². The van der Waals surface area contributed by atoms with Gasteiger partial charge in [-0.3, -0.25) is 9.59 Å². The normalized spacial score (nSPS) is 14.4. The molecule has 6 rings (SSSR count). The zero-order valence-electron chi connectivity index (χ0n) is 36.1. The SMILES string of the molecule is CCOC(=O)CC(c1ccc2c(c1)CN(C(=O)OC(C)(C)C)CC2)c1cnc(OC)cc1C.CCOC(=O)CC(c1ccc2c(c1)CNCC2)c1cnc(OC)cc1C. The van der Waals surface area contributed by atoms with Crippen LogP contribution in [0.5, 0.6) is 11.8 Å². The third-order valence-corrected chi connectivity index (χ3v) is 10.6. The molecule has 2 aliphatic rings. The second-order valence-corrected chi connectivity index (χ2v) is 15.9. The van der Waals surface area contributed by atoms with Crippen molar-refractivity contribution in [3.8, 4) is 11.8 Å². The number of ether oxygens (including phenoxy) is 5. The number of amides is 1. The van der Waals surface area contributed by atoms with Gasteiger partial charge in [0.15, 0.2) is 0 Å². The zero-order valence-corrected chi connectivity index (χ0v) is 36.1. The number of fused-ring (bicyclic) bond motifs is 2. The van der Waals surface area contributed by atoms with Gasteiger partial charge < -0.3 is 33.9 Å². The van der Waals surface area contributed by atoms with Gasteiger partial charge in [0.05, 0.1) is 40.3 Å². The van der Waals surface area contributed by atoms with Gasteiger partial charge in [0.2, 0.25) is 11.8 Å². The maximum absolute atomic E-state index is 12.6. The summed E-state index contributed by atoms with van der Waals surface area (Å²) >= 11 is 0. The van der Waals surface area contributed by atoms with Crippen LogP contribution in [-0.2, 0) is 49.7 Å². The molecule has 2 aromatic carbocycles. The minimum absolute atomic E-state index is 0.0836. The number of rotatable bonds is 12. The Balaban J connectivity index is 0.000000230. The molecule has 2 atom stereocenters. The van der Waals surface area contributed by atoms with Crippen LogP contribution in [0, 0.1) is 13.8 Å². The van der Waals surface area contributed by atoms with E-state index in [4.69, 9.17) is 23.7 Å². The number of carbonyl (C=O) groups excluding carboxylic acids is 3. The lowest BCUT2D eigenvalue weighted by molar-refractivity contribution is -0.144. The molecule has 0 aliphatic carbocycles. The van der Waals surface area contributed by atoms with Gasteiger partial charge in [0.1, 0.15) is 5.60 Å². The highest BCUT2D eigenvalue weighted by Gasteiger charge is 2.28. The second-order valence-electron chi connectivity index (χ2n) is 15.9. The molecule has 2 aliphatic heterocycles. The number of methoxy groups -OCH3 is 2. The minimum Gasteiger partial charge on any atom is -0.481 e. The van der Waals surface area contributed by atoms with Crippen molar-refractivity contribution in [3.05, 3.63) is 117 Å². The highest BCUT2D eigenvalue weighted by atomic mass is 16.6. The standard InChI is InChI=1S/C26H34N2O5.C21H26N2O3/c1-7-32-24(29)14-21(22-15-27-23(31-6)12-17(22)2)19-9-8-18-10-11-28(16-20(18)13-19)25(30)33-26(3,4)5;1-4-26-21(24)11-18(19-13-23-20(25-3)9-14(19)2)16-6-5-15-7-8-22-12-17(15)10-16/h8-9,12-13,15,21H,7,10-11,14,16H2,1-6H3;5-6,9-10,13,18,22H,4,7-8,11-12H2,1-3H3. The van der Waals surface area contributed by atoms with Crippen molar-refractivity contribution in [3.63, 3.8) is 0 Å². The Morgan fingerprint density at radius 3 is 1.71 bits per heavy atom. The molecule has 0 saturated carbocycles. The lowest BCUT2D eigenvalue weighted by Crippen LogP contribution is -2.39. The third kappa shape index (κ3) is 12.0. The Bertz CT molecular complexity index is 2090. The number of carbonyl (C=O) groups is 3. The summed E-state index contributed by atoms with van der Waals surface area (Å²) < 4.78 is 26.5. The summed E-state index contributed by atoms with van der Waals surface area (Å²) in [5, 5.41) is 3.41. The highest BCUT2D eigenvalue weighted by molar-refractivity contribution is 5.72. The van der Waals surface area contributed by atoms with Crippen LogP contribution in [0.3, 0.4) is 0 Å². The second kappa shape index (κ2) is 20.5. The van der Waals surface area contributed by atoms with Crippen LogP contribution in [-0.4, -0.2) is 79.0 Å². The molecule has 1 amide bonds. The molecule has 0 radical (unpaired) electrons. The van der Waals surface area contributed by atoms with Crippen molar-refractivity contribution in [2.45, 2.75) is 105 Å². The summed E-state index contributed by atoms with van der Waals surface area (Å²) in [5.74, 6) is 0.360. The summed E-state index contributed by atoms with van der Waals surface area (Å²) in [7, 11) is 3.19. The van der Waals surface area contributed by atoms with Gasteiger partial charge in [0.25, 0.3) is 0 Å². The highest BCUT2D eigenvalue weighted by Crippen LogP contribution is 2.35. The maximum Gasteiger partial charge on any atom is 0.410 e. The number of esters is 2. The van der Waals surface area contributed by atoms with Crippen LogP contribution in [0.4, 0.5) is 4.79 Å². The molecule has 1 N–H and O–H groups in total. The molecule has 0 fully saturated rings. The number of aryl methyl sites for hydroxylation is 2. The minimum atomic E-state index is -0.539. The number of nitrogens with one attached hydrogen (secondary N) is 1. The number of benzene rings is 2. The number of hydrogen-bond acceptors (Lipinski definition) is 11. The van der Waals surface area contributed by atoms with E-state index in [1.165, 1.54) is 16.7 Å². The molecule has 12 heteroatoms. The van der Waals surface area contributed by atoms with Gasteiger partial charge in [-0.25, -0.2) is 14.8 Å². The first kappa shape index (κ1) is 44.6.